The van der Waals surface area contributed by atoms with E-state index in [0.29, 0.717) is 19.0 Å². The average molecular weight is 489 g/mol. The normalized spacial score (nSPS) is 24.0. The topological polar surface area (TPSA) is 94.7 Å². The highest BCUT2D eigenvalue weighted by Gasteiger charge is 2.53. The van der Waals surface area contributed by atoms with Gasteiger partial charge in [-0.05, 0) is 36.8 Å². The lowest BCUT2D eigenvalue weighted by Crippen LogP contribution is -2.65. The minimum Gasteiger partial charge on any atom is -0.496 e. The quantitative estimate of drug-likeness (QED) is 0.662. The number of urea groups is 1. The van der Waals surface area contributed by atoms with Crippen molar-refractivity contribution >= 4 is 28.7 Å². The number of carbonyl (C=O) groups is 2. The van der Waals surface area contributed by atoms with E-state index in [9.17, 15) is 9.59 Å². The zero-order valence-electron chi connectivity index (χ0n) is 21.0. The highest BCUT2D eigenvalue weighted by Crippen LogP contribution is 2.33. The van der Waals surface area contributed by atoms with Crippen molar-refractivity contribution < 1.29 is 14.3 Å². The van der Waals surface area contributed by atoms with Gasteiger partial charge in [-0.1, -0.05) is 36.3 Å². The first kappa shape index (κ1) is 23.9. The number of benzene rings is 2. The van der Waals surface area contributed by atoms with E-state index >= 15 is 0 Å². The van der Waals surface area contributed by atoms with Crippen molar-refractivity contribution in [2.45, 2.75) is 44.6 Å². The molecule has 0 saturated carbocycles. The molecule has 0 bridgehead atoms. The third kappa shape index (κ3) is 4.01. The number of nitrogens with two attached hydrogens (primary N) is 1. The Morgan fingerprint density at radius 3 is 2.67 bits per heavy atom. The Balaban J connectivity index is 1.49. The number of hydrogen-bond acceptors (Lipinski definition) is 7. The molecule has 2 N–H and O–H groups in total. The van der Waals surface area contributed by atoms with Gasteiger partial charge in [0.25, 0.3) is 5.91 Å². The summed E-state index contributed by atoms with van der Waals surface area (Å²) < 4.78 is 5.51. The minimum atomic E-state index is -0.633. The number of nitrogens with zero attached hydrogens (tertiary/aromatic N) is 5. The first-order valence-electron chi connectivity index (χ1n) is 12.3. The first-order chi connectivity index (χ1) is 17.4. The van der Waals surface area contributed by atoms with Crippen LogP contribution in [0.25, 0.3) is 10.8 Å². The van der Waals surface area contributed by atoms with Crippen LogP contribution in [0.5, 0.6) is 5.75 Å². The van der Waals surface area contributed by atoms with E-state index in [-0.39, 0.29) is 24.5 Å². The summed E-state index contributed by atoms with van der Waals surface area (Å²) in [7, 11) is 3.35. The Bertz CT molecular complexity index is 1280. The molecule has 3 heterocycles. The van der Waals surface area contributed by atoms with Crippen LogP contribution in [-0.4, -0.2) is 89.5 Å². The molecule has 0 aromatic heterocycles. The van der Waals surface area contributed by atoms with Crippen molar-refractivity contribution in [1.82, 2.24) is 19.6 Å². The lowest BCUT2D eigenvalue weighted by molar-refractivity contribution is -0.137. The standard InChI is InChI=1S/C27H32N6O3/c1-4-5-15-32-23-24(29-26(32)31-14-8-9-19(28)17-31)30(2)27(35)33(25(23)34)16-18-12-13-22(36-3)21-11-7-6-10-20(18)21/h6-7,10-13,19,23-24H,8-9,14-17,28H2,1-3H3/t19-,23?,24?/m1/s1. The molecule has 2 unspecified atom stereocenters. The van der Waals surface area contributed by atoms with Crippen LogP contribution < -0.4 is 10.5 Å². The molecule has 0 radical (unpaired) electrons. The molecule has 188 valence electrons. The SMILES string of the molecule is CC#CCN1C(N2CCC[C@@H](N)C2)=NC2C1C(=O)N(Cc1ccc(OC)c3ccccc13)C(=O)N2C. The number of guanidine groups is 1. The highest BCUT2D eigenvalue weighted by molar-refractivity contribution is 6.04. The Hall–Kier alpha value is -3.77. The number of carbonyl (C=O) groups excluding carboxylic acids is 2. The van der Waals surface area contributed by atoms with E-state index in [0.717, 1.165) is 41.5 Å². The Morgan fingerprint density at radius 2 is 1.94 bits per heavy atom. The van der Waals surface area contributed by atoms with Crippen LogP contribution in [0.4, 0.5) is 4.79 Å². The fourth-order valence-electron chi connectivity index (χ4n) is 5.42. The molecule has 5 rings (SSSR count). The molecule has 3 aliphatic heterocycles. The van der Waals surface area contributed by atoms with Crippen molar-refractivity contribution in [2.75, 3.05) is 33.8 Å². The molecule has 2 saturated heterocycles. The van der Waals surface area contributed by atoms with Crippen LogP contribution in [0, 0.1) is 11.8 Å². The molecular formula is C27H32N6O3. The van der Waals surface area contributed by atoms with Gasteiger partial charge in [-0.25, -0.2) is 9.79 Å². The summed E-state index contributed by atoms with van der Waals surface area (Å²) in [5, 5.41) is 1.88. The molecule has 3 atom stereocenters. The largest absolute Gasteiger partial charge is 0.496 e. The average Bonchev–Trinajstić information content (AvgIpc) is 3.28. The number of hydrogen-bond donors (Lipinski definition) is 1. The lowest BCUT2D eigenvalue weighted by Gasteiger charge is -2.42. The monoisotopic (exact) mass is 488 g/mol. The Morgan fingerprint density at radius 1 is 1.17 bits per heavy atom. The van der Waals surface area contributed by atoms with Gasteiger partial charge in [0, 0.05) is 31.6 Å². The highest BCUT2D eigenvalue weighted by atomic mass is 16.5. The number of fused-ring (bicyclic) bond motifs is 2. The van der Waals surface area contributed by atoms with Crippen molar-refractivity contribution in [3.8, 4) is 17.6 Å². The summed E-state index contributed by atoms with van der Waals surface area (Å²) in [4.78, 5) is 39.3. The summed E-state index contributed by atoms with van der Waals surface area (Å²) in [6.07, 6.45) is 1.33. The second-order valence-corrected chi connectivity index (χ2v) is 9.48. The maximum Gasteiger partial charge on any atom is 0.328 e. The molecule has 2 aromatic carbocycles. The summed E-state index contributed by atoms with van der Waals surface area (Å²) in [6.45, 7) is 3.78. The van der Waals surface area contributed by atoms with E-state index in [1.54, 1.807) is 26.0 Å². The van der Waals surface area contributed by atoms with Crippen LogP contribution >= 0.6 is 0 Å². The van der Waals surface area contributed by atoms with Crippen molar-refractivity contribution in [3.05, 3.63) is 42.0 Å². The molecule has 9 heteroatoms. The predicted octanol–water partition coefficient (Wildman–Crippen LogP) is 2.06. The van der Waals surface area contributed by atoms with Gasteiger partial charge in [-0.3, -0.25) is 9.69 Å². The summed E-state index contributed by atoms with van der Waals surface area (Å²) in [5.41, 5.74) is 7.12. The molecule has 3 aliphatic rings. The van der Waals surface area contributed by atoms with Crippen molar-refractivity contribution in [2.24, 2.45) is 10.7 Å². The van der Waals surface area contributed by atoms with Crippen LogP contribution in [0.15, 0.2) is 41.4 Å². The van der Waals surface area contributed by atoms with E-state index in [4.69, 9.17) is 15.5 Å². The number of piperidine rings is 1. The number of methoxy groups -OCH3 is 1. The molecule has 36 heavy (non-hydrogen) atoms. The van der Waals surface area contributed by atoms with Gasteiger partial charge in [0.2, 0.25) is 0 Å². The van der Waals surface area contributed by atoms with E-state index in [1.165, 1.54) is 4.90 Å². The molecule has 0 spiro atoms. The van der Waals surface area contributed by atoms with Gasteiger partial charge in [0.05, 0.1) is 20.2 Å². The van der Waals surface area contributed by atoms with Crippen molar-refractivity contribution in [3.63, 3.8) is 0 Å². The van der Waals surface area contributed by atoms with Gasteiger partial charge < -0.3 is 25.2 Å². The van der Waals surface area contributed by atoms with E-state index in [1.807, 2.05) is 41.3 Å². The number of aliphatic imine (C=N–C) groups is 1. The molecule has 2 fully saturated rings. The maximum absolute atomic E-state index is 13.9. The second-order valence-electron chi connectivity index (χ2n) is 9.48. The predicted molar refractivity (Wildman–Crippen MR) is 138 cm³/mol. The Labute approximate surface area is 211 Å². The van der Waals surface area contributed by atoms with Gasteiger partial charge in [-0.15, -0.1) is 5.92 Å². The fraction of sp³-hybridized carbons (Fsp3) is 0.444. The number of ether oxygens (including phenoxy) is 1. The number of likely N-dealkylation sites (N-methyl/N-ethyl adjacent to an activating group) is 1. The van der Waals surface area contributed by atoms with Gasteiger partial charge in [0.1, 0.15) is 5.75 Å². The number of imide groups is 1. The van der Waals surface area contributed by atoms with Crippen LogP contribution in [0.2, 0.25) is 0 Å². The zero-order valence-corrected chi connectivity index (χ0v) is 21.0. The third-order valence-corrected chi connectivity index (χ3v) is 7.26. The zero-order chi connectivity index (χ0) is 25.4. The van der Waals surface area contributed by atoms with Gasteiger partial charge >= 0.3 is 6.03 Å². The number of likely N-dealkylation sites (tertiary alicyclic amines) is 1. The summed E-state index contributed by atoms with van der Waals surface area (Å²) in [5.74, 6) is 7.22. The maximum atomic E-state index is 13.9. The second kappa shape index (κ2) is 9.70. The van der Waals surface area contributed by atoms with E-state index in [2.05, 4.69) is 16.7 Å². The third-order valence-electron chi connectivity index (χ3n) is 7.26. The van der Waals surface area contributed by atoms with Crippen LogP contribution in [0.3, 0.4) is 0 Å². The van der Waals surface area contributed by atoms with Gasteiger partial charge in [-0.2, -0.15) is 0 Å². The molecule has 0 aliphatic carbocycles. The minimum absolute atomic E-state index is 0.0538. The van der Waals surface area contributed by atoms with Crippen LogP contribution in [-0.2, 0) is 11.3 Å². The van der Waals surface area contributed by atoms with E-state index < -0.39 is 12.2 Å². The number of amides is 3. The molecular weight excluding hydrogens is 456 g/mol. The first-order valence-corrected chi connectivity index (χ1v) is 12.3. The number of rotatable bonds is 4. The molecule has 2 aromatic rings. The molecule has 3 amide bonds. The Kier molecular flexibility index (Phi) is 6.46. The fourth-order valence-corrected chi connectivity index (χ4v) is 5.42. The molecule has 9 nitrogen and oxygen atoms in total. The lowest BCUT2D eigenvalue weighted by atomic mass is 10.0. The van der Waals surface area contributed by atoms with Gasteiger partial charge in [0.15, 0.2) is 18.2 Å². The smallest absolute Gasteiger partial charge is 0.328 e. The summed E-state index contributed by atoms with van der Waals surface area (Å²) >= 11 is 0. The van der Waals surface area contributed by atoms with Crippen molar-refractivity contribution in [1.29, 1.82) is 0 Å². The van der Waals surface area contributed by atoms with Crippen LogP contribution in [0.1, 0.15) is 25.3 Å². The summed E-state index contributed by atoms with van der Waals surface area (Å²) in [6, 6.07) is 10.7.